The highest BCUT2D eigenvalue weighted by Gasteiger charge is 2.28. The summed E-state index contributed by atoms with van der Waals surface area (Å²) in [4.78, 5) is 147. The number of imidazole rings is 3. The zero-order valence-corrected chi connectivity index (χ0v) is 80.4. The number of nitrogens with one attached hydrogen (secondary N) is 2. The smallest absolute Gasteiger partial charge is 0.338 e. The van der Waals surface area contributed by atoms with Gasteiger partial charge in [-0.1, -0.05) is 66.7 Å². The maximum atomic E-state index is 12.8. The van der Waals surface area contributed by atoms with E-state index in [2.05, 4.69) is 39.3 Å². The average molecular weight is 1880 g/mol. The number of anilines is 3. The molecule has 139 heavy (non-hydrogen) atoms. The Kier molecular flexibility index (Phi) is 33.7. The Morgan fingerprint density at radius 1 is 0.331 bits per heavy atom. The number of fused-ring (bicyclic) bond motifs is 3. The zero-order chi connectivity index (χ0) is 98.3. The van der Waals surface area contributed by atoms with Gasteiger partial charge in [0.05, 0.1) is 93.6 Å². The van der Waals surface area contributed by atoms with Crippen molar-refractivity contribution in [3.63, 3.8) is 0 Å². The van der Waals surface area contributed by atoms with E-state index in [1.165, 1.54) is 21.3 Å². The summed E-state index contributed by atoms with van der Waals surface area (Å²) in [6, 6.07) is 64.4. The van der Waals surface area contributed by atoms with Gasteiger partial charge in [0.2, 0.25) is 0 Å². The van der Waals surface area contributed by atoms with Crippen molar-refractivity contribution < 1.29 is 72.0 Å². The number of carboxylic acid groups (broad SMARTS) is 1. The first-order chi connectivity index (χ1) is 67.2. The van der Waals surface area contributed by atoms with Crippen LogP contribution in [-0.2, 0) is 51.7 Å². The molecule has 5 N–H and O–H groups in total. The van der Waals surface area contributed by atoms with Crippen LogP contribution in [0.5, 0.6) is 0 Å². The number of aromatic carboxylic acids is 1. The fraction of sp³-hybridized carbons (Fsp3) is 0.330. The molecule has 10 aromatic carbocycles. The van der Waals surface area contributed by atoms with Crippen molar-refractivity contribution in [3.8, 4) is 0 Å². The number of aromatic nitrogens is 6. The molecule has 0 bridgehead atoms. The molecule has 3 aromatic heterocycles. The van der Waals surface area contributed by atoms with E-state index < -0.39 is 5.97 Å². The topological polar surface area (TPSA) is 351 Å². The summed E-state index contributed by atoms with van der Waals surface area (Å²) in [5, 5.41) is 15.7. The third kappa shape index (κ3) is 25.5. The van der Waals surface area contributed by atoms with Gasteiger partial charge >= 0.3 is 29.8 Å². The van der Waals surface area contributed by atoms with Gasteiger partial charge in [0.15, 0.2) is 0 Å². The van der Waals surface area contributed by atoms with Gasteiger partial charge in [0, 0.05) is 138 Å². The number of benzene rings is 10. The van der Waals surface area contributed by atoms with E-state index in [9.17, 15) is 47.9 Å². The molecular formula is C109H121N15O15. The summed E-state index contributed by atoms with van der Waals surface area (Å²) in [7, 11) is 7.98. The number of aryl methyl sites for hydroxylation is 4. The Hall–Kier alpha value is -15.3. The number of carbonyl (C=O) groups excluding carboxylic acids is 9. The molecule has 30 nitrogen and oxygen atoms in total. The predicted molar refractivity (Wildman–Crippen MR) is 535 cm³/mol. The van der Waals surface area contributed by atoms with Gasteiger partial charge in [-0.25, -0.2) is 38.9 Å². The molecule has 5 fully saturated rings. The fourth-order valence-corrected chi connectivity index (χ4v) is 17.5. The Bertz CT molecular complexity index is 6440. The van der Waals surface area contributed by atoms with Crippen molar-refractivity contribution in [1.82, 2.24) is 58.1 Å². The van der Waals surface area contributed by atoms with Gasteiger partial charge in [0.1, 0.15) is 24.1 Å². The van der Waals surface area contributed by atoms with Crippen LogP contribution in [0, 0.1) is 27.7 Å². The molecule has 0 atom stereocenters. The Balaban J connectivity index is 0.000000139. The molecule has 722 valence electrons. The molecule has 0 aliphatic carbocycles. The predicted octanol–water partition coefficient (Wildman–Crippen LogP) is 16.6. The molecule has 0 saturated carbocycles. The lowest BCUT2D eigenvalue weighted by Crippen LogP contribution is -2.27. The average Bonchev–Trinajstić information content (AvgIpc) is 1.64. The minimum atomic E-state index is -0.934. The lowest BCUT2D eigenvalue weighted by atomic mass is 10.1. The monoisotopic (exact) mass is 1880 g/mol. The molecule has 5 saturated heterocycles. The number of methoxy groups -OCH3 is 3. The number of hydrogen-bond acceptors (Lipinski definition) is 21. The Morgan fingerprint density at radius 3 is 0.892 bits per heavy atom. The van der Waals surface area contributed by atoms with E-state index in [-0.39, 0.29) is 59.0 Å². The lowest BCUT2D eigenvalue weighted by Gasteiger charge is -2.17. The van der Waals surface area contributed by atoms with E-state index in [1.54, 1.807) is 78.9 Å². The quantitative estimate of drug-likeness (QED) is 0.0234. The third-order valence-corrected chi connectivity index (χ3v) is 25.6. The minimum Gasteiger partial charge on any atom is -0.478 e. The highest BCUT2D eigenvalue weighted by atomic mass is 16.5. The van der Waals surface area contributed by atoms with Crippen LogP contribution in [0.2, 0.25) is 0 Å². The van der Waals surface area contributed by atoms with Crippen LogP contribution in [-0.4, -0.2) is 237 Å². The van der Waals surface area contributed by atoms with Gasteiger partial charge < -0.3 is 83.5 Å². The number of likely N-dealkylation sites (N-methyl/N-ethyl adjacent to an activating group) is 1. The SMILES string of the molecule is COC(=O)c1ccc(CNc2cc(C(=O)N3CCCC3)ccc2C)cc1.COC(=O)c1ccc(CNc2cc(C(=O)N3CCCC3)ccc2N)cc1.COC(=O)c1ccc(Cn2c(C)nc3ccc(C(=O)N4CCCC4)cc32)cc1.Cc1nc2ccc(C(=O)N3CCCC3)cc2n1Cc1ccc(C(=O)O)cc1.Cc1nc2ccc(C(=O)N3CCCC3)cc2n1Cc1ccc(C(=O)OCCN(C)C)cc1. The van der Waals surface area contributed by atoms with Crippen LogP contribution in [0.1, 0.15) is 219 Å². The first-order valence-electron chi connectivity index (χ1n) is 47.3. The number of amides is 5. The minimum absolute atomic E-state index is 0.0491. The zero-order valence-electron chi connectivity index (χ0n) is 80.4. The van der Waals surface area contributed by atoms with E-state index in [0.717, 1.165) is 231 Å². The number of carbonyl (C=O) groups is 10. The second kappa shape index (κ2) is 46.9. The van der Waals surface area contributed by atoms with Crippen molar-refractivity contribution in [1.29, 1.82) is 0 Å². The summed E-state index contributed by atoms with van der Waals surface area (Å²) in [5.74, 6) is 0.749. The molecule has 5 aliphatic rings. The lowest BCUT2D eigenvalue weighted by molar-refractivity contribution is 0.0479. The molecule has 8 heterocycles. The van der Waals surface area contributed by atoms with E-state index in [4.69, 9.17) is 29.8 Å². The third-order valence-electron chi connectivity index (χ3n) is 25.6. The van der Waals surface area contributed by atoms with Gasteiger partial charge in [-0.3, -0.25) is 24.0 Å². The molecule has 0 spiro atoms. The summed E-state index contributed by atoms with van der Waals surface area (Å²) < 4.78 is 25.7. The van der Waals surface area contributed by atoms with Crippen LogP contribution < -0.4 is 16.4 Å². The summed E-state index contributed by atoms with van der Waals surface area (Å²) in [6.45, 7) is 20.2. The largest absolute Gasteiger partial charge is 0.478 e. The molecule has 5 amide bonds. The summed E-state index contributed by atoms with van der Waals surface area (Å²) >= 11 is 0. The van der Waals surface area contributed by atoms with Crippen LogP contribution in [0.25, 0.3) is 33.1 Å². The Morgan fingerprint density at radius 2 is 0.590 bits per heavy atom. The molecule has 5 aliphatic heterocycles. The Labute approximate surface area is 809 Å². The van der Waals surface area contributed by atoms with Gasteiger partial charge in [-0.05, 0) is 285 Å². The number of carboxylic acids is 1. The molecule has 13 aromatic rings. The van der Waals surface area contributed by atoms with Crippen LogP contribution in [0.15, 0.2) is 212 Å². The van der Waals surface area contributed by atoms with E-state index in [0.29, 0.717) is 96.1 Å². The number of nitrogens with zero attached hydrogens (tertiary/aromatic N) is 12. The molecule has 0 radical (unpaired) electrons. The summed E-state index contributed by atoms with van der Waals surface area (Å²) in [5.41, 5.74) is 25.8. The maximum Gasteiger partial charge on any atom is 0.338 e. The first kappa shape index (κ1) is 99.6. The number of likely N-dealkylation sites (tertiary alicyclic amines) is 5. The maximum absolute atomic E-state index is 12.8. The van der Waals surface area contributed by atoms with E-state index in [1.807, 2.05) is 205 Å². The second-order valence-electron chi connectivity index (χ2n) is 35.6. The highest BCUT2D eigenvalue weighted by molar-refractivity contribution is 6.01. The van der Waals surface area contributed by atoms with E-state index >= 15 is 0 Å². The van der Waals surface area contributed by atoms with Crippen molar-refractivity contribution in [2.45, 2.75) is 125 Å². The van der Waals surface area contributed by atoms with Gasteiger partial charge in [0.25, 0.3) is 29.5 Å². The van der Waals surface area contributed by atoms with Crippen LogP contribution in [0.3, 0.4) is 0 Å². The number of hydrogen-bond donors (Lipinski definition) is 4. The van der Waals surface area contributed by atoms with Crippen molar-refractivity contribution >= 4 is 110 Å². The molecule has 0 unspecified atom stereocenters. The standard InChI is InChI=1S/C25H30N4O3.C22H23N3O3.C21H21N3O3.C21H24N2O3.C20H23N3O3/c1-18-26-22-11-10-21(24(30)28-12-4-5-13-28)16-23(22)29(18)17-19-6-8-20(9-7-19)25(31)32-15-14-27(2)3;1-15-23-19-10-9-18(21(26)24-11-3-4-12-24)13-20(19)25(15)14-16-5-7-17(8-6-16)22(27)28-2;1-14-22-18-9-8-17(20(25)23-10-2-3-11-23)12-19(18)24(14)13-15-4-6-16(7-5-15)21(26)27;1-15-5-8-18(20(24)23-11-3-4-12-23)13-19(15)22-14-16-6-9-17(10-7-16)21(25)26-2;1-26-20(25)15-6-4-14(5-7-15)13-22-18-12-16(8-9-17(18)21)19(24)23-10-2-3-11-23/h6-11,16H,4-5,12-15,17H2,1-3H3;5-10,13H,3-4,11-12,14H2,1-2H3;4-9,12H,2-3,10-11,13H2,1H3,(H,26,27);5-10,13,22H,3-4,11-12,14H2,1-2H3;4-9,12,22H,2-3,10-11,13,21H2,1H3. The number of nitrogens with two attached hydrogens (primary N) is 1. The number of rotatable bonds is 25. The number of nitrogen functional groups attached to an aromatic ring is 1. The normalized spacial score (nSPS) is 13.8. The highest BCUT2D eigenvalue weighted by Crippen LogP contribution is 2.30. The van der Waals surface area contributed by atoms with Crippen LogP contribution in [0.4, 0.5) is 17.1 Å². The van der Waals surface area contributed by atoms with Crippen molar-refractivity contribution in [2.24, 2.45) is 0 Å². The number of esters is 4. The first-order valence-corrected chi connectivity index (χ1v) is 47.3. The van der Waals surface area contributed by atoms with Crippen LogP contribution >= 0.6 is 0 Å². The van der Waals surface area contributed by atoms with Crippen molar-refractivity contribution in [3.05, 3.63) is 319 Å². The van der Waals surface area contributed by atoms with Crippen molar-refractivity contribution in [2.75, 3.05) is 130 Å². The number of ether oxygens (including phenoxy) is 4. The molecular weight excluding hydrogens is 1760 g/mol. The molecule has 18 rings (SSSR count). The van der Waals surface area contributed by atoms with Gasteiger partial charge in [-0.2, -0.15) is 0 Å². The molecule has 30 heteroatoms. The fourth-order valence-electron chi connectivity index (χ4n) is 17.5. The summed E-state index contributed by atoms with van der Waals surface area (Å²) in [6.07, 6.45) is 10.7. The second-order valence-corrected chi connectivity index (χ2v) is 35.6. The van der Waals surface area contributed by atoms with Gasteiger partial charge in [-0.15, -0.1) is 0 Å².